The number of carbonyl (C=O) groups is 1. The highest BCUT2D eigenvalue weighted by Crippen LogP contribution is 2.14. The van der Waals surface area contributed by atoms with Gasteiger partial charge in [0.15, 0.2) is 15.6 Å². The number of rotatable bonds is 5. The zero-order valence-corrected chi connectivity index (χ0v) is 12.4. The summed E-state index contributed by atoms with van der Waals surface area (Å²) in [5.74, 6) is -1.65. The molecule has 2 aromatic carbocycles. The monoisotopic (exact) mass is 306 g/mol. The van der Waals surface area contributed by atoms with Gasteiger partial charge in [-0.2, -0.15) is 0 Å². The summed E-state index contributed by atoms with van der Waals surface area (Å²) < 4.78 is 37.7. The van der Waals surface area contributed by atoms with Crippen LogP contribution in [0.25, 0.3) is 0 Å². The predicted molar refractivity (Wildman–Crippen MR) is 78.3 cm³/mol. The summed E-state index contributed by atoms with van der Waals surface area (Å²) in [4.78, 5) is 12.0. The number of hydrogen-bond acceptors (Lipinski definition) is 3. The van der Waals surface area contributed by atoms with E-state index in [1.54, 1.807) is 18.2 Å². The number of sulfone groups is 1. The molecule has 2 rings (SSSR count). The molecule has 0 fully saturated rings. The van der Waals surface area contributed by atoms with Crippen molar-refractivity contribution >= 4 is 15.6 Å². The largest absolute Gasteiger partial charge is 0.298 e. The van der Waals surface area contributed by atoms with Crippen molar-refractivity contribution in [3.05, 3.63) is 65.5 Å². The molecule has 0 saturated carbocycles. The van der Waals surface area contributed by atoms with Gasteiger partial charge >= 0.3 is 0 Å². The van der Waals surface area contributed by atoms with Crippen LogP contribution in [0.1, 0.15) is 11.1 Å². The van der Waals surface area contributed by atoms with Crippen LogP contribution in [0, 0.1) is 12.7 Å². The van der Waals surface area contributed by atoms with Crippen molar-refractivity contribution < 1.29 is 17.6 Å². The van der Waals surface area contributed by atoms with Crippen molar-refractivity contribution in [3.8, 4) is 0 Å². The van der Waals surface area contributed by atoms with Gasteiger partial charge in [0.25, 0.3) is 0 Å². The summed E-state index contributed by atoms with van der Waals surface area (Å²) in [6.45, 7) is 1.85. The fourth-order valence-electron chi connectivity index (χ4n) is 1.95. The molecule has 0 unspecified atom stereocenters. The van der Waals surface area contributed by atoms with Crippen molar-refractivity contribution in [2.75, 3.05) is 5.75 Å². The Hall–Kier alpha value is -2.01. The highest BCUT2D eigenvalue weighted by molar-refractivity contribution is 7.92. The van der Waals surface area contributed by atoms with Crippen LogP contribution < -0.4 is 0 Å². The highest BCUT2D eigenvalue weighted by atomic mass is 32.2. The molecule has 0 saturated heterocycles. The average molecular weight is 306 g/mol. The van der Waals surface area contributed by atoms with E-state index in [4.69, 9.17) is 0 Å². The molecule has 0 aliphatic carbocycles. The number of halogens is 1. The third-order valence-electron chi connectivity index (χ3n) is 3.08. The Morgan fingerprint density at radius 3 is 2.29 bits per heavy atom. The SMILES string of the molecule is Cc1ccc(S(=O)(=O)CC(=O)Cc2ccccc2F)cc1. The van der Waals surface area contributed by atoms with Gasteiger partial charge in [-0.15, -0.1) is 0 Å². The van der Waals surface area contributed by atoms with Gasteiger partial charge in [-0.05, 0) is 30.7 Å². The lowest BCUT2D eigenvalue weighted by atomic mass is 10.1. The molecule has 0 atom stereocenters. The van der Waals surface area contributed by atoms with Crippen molar-refractivity contribution in [1.29, 1.82) is 0 Å². The summed E-state index contributed by atoms with van der Waals surface area (Å²) in [6.07, 6.45) is -0.224. The molecule has 0 bridgehead atoms. The third-order valence-corrected chi connectivity index (χ3v) is 4.77. The Balaban J connectivity index is 2.12. The van der Waals surface area contributed by atoms with E-state index < -0.39 is 27.2 Å². The van der Waals surface area contributed by atoms with Crippen molar-refractivity contribution in [3.63, 3.8) is 0 Å². The minimum absolute atomic E-state index is 0.106. The van der Waals surface area contributed by atoms with E-state index in [1.807, 2.05) is 6.92 Å². The first-order chi connectivity index (χ1) is 9.88. The summed E-state index contributed by atoms with van der Waals surface area (Å²) in [5, 5.41) is 0. The quantitative estimate of drug-likeness (QED) is 0.853. The fraction of sp³-hybridized carbons (Fsp3) is 0.188. The van der Waals surface area contributed by atoms with E-state index >= 15 is 0 Å². The molecule has 2 aromatic rings. The molecular formula is C16H15FO3S. The van der Waals surface area contributed by atoms with Crippen LogP contribution in [-0.2, 0) is 21.1 Å². The summed E-state index contributed by atoms with van der Waals surface area (Å²) in [7, 11) is -3.68. The van der Waals surface area contributed by atoms with Gasteiger partial charge in [0.05, 0.1) is 4.90 Å². The molecule has 3 nitrogen and oxygen atoms in total. The Labute approximate surface area is 123 Å². The van der Waals surface area contributed by atoms with E-state index in [-0.39, 0.29) is 16.9 Å². The van der Waals surface area contributed by atoms with Gasteiger partial charge < -0.3 is 0 Å². The number of ketones is 1. The van der Waals surface area contributed by atoms with Crippen LogP contribution in [0.3, 0.4) is 0 Å². The van der Waals surface area contributed by atoms with Crippen molar-refractivity contribution in [1.82, 2.24) is 0 Å². The summed E-state index contributed by atoms with van der Waals surface area (Å²) >= 11 is 0. The molecule has 0 radical (unpaired) electrons. The molecule has 110 valence electrons. The number of benzene rings is 2. The lowest BCUT2D eigenvalue weighted by molar-refractivity contribution is -0.116. The first kappa shape index (κ1) is 15.4. The zero-order chi connectivity index (χ0) is 15.5. The second kappa shape index (κ2) is 6.18. The lowest BCUT2D eigenvalue weighted by Gasteiger charge is -2.05. The van der Waals surface area contributed by atoms with Crippen molar-refractivity contribution in [2.24, 2.45) is 0 Å². The molecule has 21 heavy (non-hydrogen) atoms. The second-order valence-corrected chi connectivity index (χ2v) is 6.87. The van der Waals surface area contributed by atoms with Crippen LogP contribution in [0.15, 0.2) is 53.4 Å². The number of hydrogen-bond donors (Lipinski definition) is 0. The van der Waals surface area contributed by atoms with E-state index in [1.165, 1.54) is 30.3 Å². The maximum atomic E-state index is 13.4. The van der Waals surface area contributed by atoms with Crippen LogP contribution >= 0.6 is 0 Å². The van der Waals surface area contributed by atoms with Crippen LogP contribution in [0.5, 0.6) is 0 Å². The number of aryl methyl sites for hydroxylation is 1. The minimum Gasteiger partial charge on any atom is -0.298 e. The third kappa shape index (κ3) is 3.98. The standard InChI is InChI=1S/C16H15FO3S/c1-12-6-8-15(9-7-12)21(19,20)11-14(18)10-13-4-2-3-5-16(13)17/h2-9H,10-11H2,1H3. The molecular weight excluding hydrogens is 291 g/mol. The van der Waals surface area contributed by atoms with Gasteiger partial charge in [-0.25, -0.2) is 12.8 Å². The Kier molecular flexibility index (Phi) is 4.53. The van der Waals surface area contributed by atoms with Crippen LogP contribution in [-0.4, -0.2) is 20.0 Å². The molecule has 5 heteroatoms. The molecule has 0 aromatic heterocycles. The Bertz CT molecular complexity index is 749. The molecule has 0 aliphatic rings. The number of Topliss-reactive ketones (excluding diaryl/α,β-unsaturated/α-hetero) is 1. The summed E-state index contributed by atoms with van der Waals surface area (Å²) in [5.41, 5.74) is 1.15. The fourth-order valence-corrected chi connectivity index (χ4v) is 3.19. The smallest absolute Gasteiger partial charge is 0.185 e. The maximum absolute atomic E-state index is 13.4. The molecule has 0 aliphatic heterocycles. The molecule has 0 spiro atoms. The first-order valence-corrected chi connectivity index (χ1v) is 8.08. The average Bonchev–Trinajstić information content (AvgIpc) is 2.41. The van der Waals surface area contributed by atoms with E-state index in [0.29, 0.717) is 0 Å². The highest BCUT2D eigenvalue weighted by Gasteiger charge is 2.20. The van der Waals surface area contributed by atoms with Gasteiger partial charge in [-0.1, -0.05) is 35.9 Å². The Morgan fingerprint density at radius 1 is 1.05 bits per heavy atom. The van der Waals surface area contributed by atoms with Crippen LogP contribution in [0.4, 0.5) is 4.39 Å². The summed E-state index contributed by atoms with van der Waals surface area (Å²) in [6, 6.07) is 12.2. The maximum Gasteiger partial charge on any atom is 0.185 e. The minimum atomic E-state index is -3.68. The molecule has 0 N–H and O–H groups in total. The van der Waals surface area contributed by atoms with E-state index in [2.05, 4.69) is 0 Å². The molecule has 0 amide bonds. The second-order valence-electron chi connectivity index (χ2n) is 4.88. The van der Waals surface area contributed by atoms with Gasteiger partial charge in [0, 0.05) is 6.42 Å². The van der Waals surface area contributed by atoms with Crippen molar-refractivity contribution in [2.45, 2.75) is 18.2 Å². The zero-order valence-electron chi connectivity index (χ0n) is 11.5. The Morgan fingerprint density at radius 2 is 1.67 bits per heavy atom. The normalized spacial score (nSPS) is 11.3. The topological polar surface area (TPSA) is 51.2 Å². The molecule has 0 heterocycles. The van der Waals surface area contributed by atoms with E-state index in [0.717, 1.165) is 5.56 Å². The predicted octanol–water partition coefficient (Wildman–Crippen LogP) is 2.72. The van der Waals surface area contributed by atoms with E-state index in [9.17, 15) is 17.6 Å². The first-order valence-electron chi connectivity index (χ1n) is 6.43. The number of carbonyl (C=O) groups excluding carboxylic acids is 1. The van der Waals surface area contributed by atoms with Crippen LogP contribution in [0.2, 0.25) is 0 Å². The van der Waals surface area contributed by atoms with Gasteiger partial charge in [-0.3, -0.25) is 4.79 Å². The van der Waals surface area contributed by atoms with Gasteiger partial charge in [0.2, 0.25) is 0 Å². The lowest BCUT2D eigenvalue weighted by Crippen LogP contribution is -2.18. The van der Waals surface area contributed by atoms with Gasteiger partial charge in [0.1, 0.15) is 11.6 Å².